The van der Waals surface area contributed by atoms with Crippen LogP contribution in [0, 0.1) is 36.7 Å². The number of aromatic nitrogens is 1. The van der Waals surface area contributed by atoms with Crippen LogP contribution in [0.2, 0.25) is 0 Å². The highest BCUT2D eigenvalue weighted by Gasteiger charge is 2.18. The summed E-state index contributed by atoms with van der Waals surface area (Å²) in [6.45, 7) is 5.15. The van der Waals surface area contributed by atoms with Gasteiger partial charge in [-0.2, -0.15) is 0 Å². The Bertz CT molecular complexity index is 1390. The summed E-state index contributed by atoms with van der Waals surface area (Å²) in [5.74, 6) is 0.448. The van der Waals surface area contributed by atoms with E-state index in [1.807, 2.05) is 0 Å². The molecule has 0 aliphatic rings. The van der Waals surface area contributed by atoms with Gasteiger partial charge in [0.05, 0.1) is 16.1 Å². The molecular weight excluding hydrogens is 399 g/mol. The molecule has 1 heterocycles. The Labute approximate surface area is 177 Å². The fourth-order valence-corrected chi connectivity index (χ4v) is 3.67. The van der Waals surface area contributed by atoms with E-state index in [4.69, 9.17) is 4.74 Å². The minimum absolute atomic E-state index is 0.107. The van der Waals surface area contributed by atoms with Gasteiger partial charge < -0.3 is 9.30 Å². The zero-order valence-corrected chi connectivity index (χ0v) is 17.2. The molecule has 0 amide bonds. The smallest absolute Gasteiger partial charge is 0.271 e. The number of nitro groups is 1. The topological polar surface area (TPSA) is 74.4 Å². The van der Waals surface area contributed by atoms with Gasteiger partial charge in [0.2, 0.25) is 0 Å². The lowest BCUT2D eigenvalue weighted by atomic mass is 10.1. The van der Waals surface area contributed by atoms with E-state index in [1.165, 1.54) is 30.3 Å². The van der Waals surface area contributed by atoms with Crippen LogP contribution in [-0.2, 0) is 0 Å². The van der Waals surface area contributed by atoms with Crippen molar-refractivity contribution in [2.45, 2.75) is 20.8 Å². The second-order valence-corrected chi connectivity index (χ2v) is 7.41. The normalized spacial score (nSPS) is 11.0. The molecule has 0 unspecified atom stereocenters. The van der Waals surface area contributed by atoms with E-state index in [0.717, 1.165) is 0 Å². The molecule has 4 rings (SSSR count). The SMILES string of the molecule is Cc1cc(F)cc(C)c1Oc1ccc([N+](=O)[O-])cc1-n1cc(C)c(=O)c2ccccc21. The van der Waals surface area contributed by atoms with Gasteiger partial charge in [0.25, 0.3) is 5.69 Å². The van der Waals surface area contributed by atoms with Crippen LogP contribution in [0.4, 0.5) is 10.1 Å². The van der Waals surface area contributed by atoms with Crippen LogP contribution in [0.25, 0.3) is 16.6 Å². The number of hydrogen-bond donors (Lipinski definition) is 0. The van der Waals surface area contributed by atoms with E-state index in [0.29, 0.717) is 44.8 Å². The van der Waals surface area contributed by atoms with Gasteiger partial charge in [0.1, 0.15) is 11.6 Å². The maximum absolute atomic E-state index is 13.7. The number of halogens is 1. The molecule has 3 aromatic carbocycles. The second kappa shape index (κ2) is 7.68. The number of non-ortho nitro benzene ring substituents is 1. The minimum atomic E-state index is -0.487. The van der Waals surface area contributed by atoms with Crippen molar-refractivity contribution in [3.05, 3.63) is 104 Å². The third kappa shape index (κ3) is 3.66. The van der Waals surface area contributed by atoms with Crippen LogP contribution >= 0.6 is 0 Å². The molecule has 31 heavy (non-hydrogen) atoms. The predicted molar refractivity (Wildman–Crippen MR) is 117 cm³/mol. The van der Waals surface area contributed by atoms with Crippen LogP contribution in [-0.4, -0.2) is 9.49 Å². The lowest BCUT2D eigenvalue weighted by Crippen LogP contribution is -2.12. The first-order valence-corrected chi connectivity index (χ1v) is 9.60. The largest absolute Gasteiger partial charge is 0.455 e. The zero-order valence-electron chi connectivity index (χ0n) is 17.2. The van der Waals surface area contributed by atoms with Gasteiger partial charge >= 0.3 is 0 Å². The quantitative estimate of drug-likeness (QED) is 0.312. The molecule has 1 aromatic heterocycles. The lowest BCUT2D eigenvalue weighted by molar-refractivity contribution is -0.384. The summed E-state index contributed by atoms with van der Waals surface area (Å²) in [6.07, 6.45) is 1.64. The number of ether oxygens (including phenoxy) is 1. The van der Waals surface area contributed by atoms with Crippen molar-refractivity contribution in [2.24, 2.45) is 0 Å². The molecule has 4 aromatic rings. The molecule has 0 saturated carbocycles. The van der Waals surface area contributed by atoms with Gasteiger partial charge in [-0.25, -0.2) is 4.39 Å². The Kier molecular flexibility index (Phi) is 5.02. The lowest BCUT2D eigenvalue weighted by Gasteiger charge is -2.18. The van der Waals surface area contributed by atoms with Gasteiger partial charge in [0, 0.05) is 29.3 Å². The minimum Gasteiger partial charge on any atom is -0.455 e. The molecule has 0 radical (unpaired) electrons. The van der Waals surface area contributed by atoms with Crippen molar-refractivity contribution in [3.63, 3.8) is 0 Å². The number of nitro benzene ring substituents is 1. The van der Waals surface area contributed by atoms with Gasteiger partial charge in [-0.05, 0) is 62.2 Å². The van der Waals surface area contributed by atoms with Crippen LogP contribution in [0.5, 0.6) is 11.5 Å². The van der Waals surface area contributed by atoms with Crippen LogP contribution in [0.15, 0.2) is 65.6 Å². The number of pyridine rings is 1. The third-order valence-corrected chi connectivity index (χ3v) is 5.14. The van der Waals surface area contributed by atoms with Crippen molar-refractivity contribution in [1.82, 2.24) is 4.57 Å². The van der Waals surface area contributed by atoms with Crippen LogP contribution in [0.1, 0.15) is 16.7 Å². The van der Waals surface area contributed by atoms with Gasteiger partial charge in [-0.3, -0.25) is 14.9 Å². The monoisotopic (exact) mass is 418 g/mol. The molecule has 0 spiro atoms. The summed E-state index contributed by atoms with van der Waals surface area (Å²) in [6, 6.07) is 14.0. The number of nitrogens with zero attached hydrogens (tertiary/aromatic N) is 2. The van der Waals surface area contributed by atoms with E-state index >= 15 is 0 Å². The molecule has 0 fully saturated rings. The Balaban J connectivity index is 2.00. The van der Waals surface area contributed by atoms with E-state index in [1.54, 1.807) is 55.8 Å². The van der Waals surface area contributed by atoms with Gasteiger partial charge in [0.15, 0.2) is 11.2 Å². The van der Waals surface area contributed by atoms with E-state index in [-0.39, 0.29) is 16.9 Å². The molecule has 0 atom stereocenters. The molecule has 7 heteroatoms. The average molecular weight is 418 g/mol. The fourth-order valence-electron chi connectivity index (χ4n) is 3.67. The van der Waals surface area contributed by atoms with Crippen LogP contribution in [0.3, 0.4) is 0 Å². The Morgan fingerprint density at radius 2 is 1.65 bits per heavy atom. The maximum Gasteiger partial charge on any atom is 0.271 e. The molecule has 0 aliphatic carbocycles. The standard InChI is InChI=1S/C24H19FN2O4/c1-14-10-17(25)11-15(2)24(14)31-22-9-8-18(27(29)30)12-21(22)26-13-16(3)23(28)19-6-4-5-7-20(19)26/h4-13H,1-3H3. The summed E-state index contributed by atoms with van der Waals surface area (Å²) < 4.78 is 21.6. The molecule has 0 bridgehead atoms. The molecule has 0 aliphatic heterocycles. The molecule has 6 nitrogen and oxygen atoms in total. The summed E-state index contributed by atoms with van der Waals surface area (Å²) in [7, 11) is 0. The summed E-state index contributed by atoms with van der Waals surface area (Å²) in [4.78, 5) is 23.6. The summed E-state index contributed by atoms with van der Waals surface area (Å²) in [5, 5.41) is 11.9. The maximum atomic E-state index is 13.7. The third-order valence-electron chi connectivity index (χ3n) is 5.14. The number of aryl methyl sites for hydroxylation is 3. The molecular formula is C24H19FN2O4. The number of para-hydroxylation sites is 1. The number of hydrogen-bond acceptors (Lipinski definition) is 4. The number of fused-ring (bicyclic) bond motifs is 1. The average Bonchev–Trinajstić information content (AvgIpc) is 2.73. The van der Waals surface area contributed by atoms with Crippen molar-refractivity contribution in [3.8, 4) is 17.2 Å². The first kappa shape index (κ1) is 20.3. The molecule has 0 saturated heterocycles. The highest BCUT2D eigenvalue weighted by atomic mass is 19.1. The Morgan fingerprint density at radius 3 is 2.32 bits per heavy atom. The fraction of sp³-hybridized carbons (Fsp3) is 0.125. The second-order valence-electron chi connectivity index (χ2n) is 7.41. The van der Waals surface area contributed by atoms with Crippen molar-refractivity contribution < 1.29 is 14.1 Å². The number of benzene rings is 3. The molecule has 156 valence electrons. The first-order valence-electron chi connectivity index (χ1n) is 9.60. The zero-order chi connectivity index (χ0) is 22.3. The van der Waals surface area contributed by atoms with Gasteiger partial charge in [-0.1, -0.05) is 12.1 Å². The van der Waals surface area contributed by atoms with Crippen molar-refractivity contribution in [2.75, 3.05) is 0 Å². The van der Waals surface area contributed by atoms with E-state index in [2.05, 4.69) is 0 Å². The van der Waals surface area contributed by atoms with E-state index < -0.39 is 4.92 Å². The Morgan fingerprint density at radius 1 is 0.968 bits per heavy atom. The van der Waals surface area contributed by atoms with Crippen LogP contribution < -0.4 is 10.2 Å². The summed E-state index contributed by atoms with van der Waals surface area (Å²) in [5.41, 5.74) is 2.46. The van der Waals surface area contributed by atoms with E-state index in [9.17, 15) is 19.3 Å². The summed E-state index contributed by atoms with van der Waals surface area (Å²) >= 11 is 0. The highest BCUT2D eigenvalue weighted by molar-refractivity contribution is 5.82. The van der Waals surface area contributed by atoms with Crippen molar-refractivity contribution in [1.29, 1.82) is 0 Å². The first-order chi connectivity index (χ1) is 14.8. The number of rotatable bonds is 4. The van der Waals surface area contributed by atoms with Gasteiger partial charge in [-0.15, -0.1) is 0 Å². The predicted octanol–water partition coefficient (Wildman–Crippen LogP) is 5.76. The Hall–Kier alpha value is -4.00. The molecule has 0 N–H and O–H groups in total. The highest BCUT2D eigenvalue weighted by Crippen LogP contribution is 2.36. The van der Waals surface area contributed by atoms with Crippen molar-refractivity contribution >= 4 is 16.6 Å².